The standard InChI is InChI=1S/C13H19FOS/c1-2-16-9-3-4-12(10-15)11-5-7-13(14)8-6-11/h5-8,12,15H,2-4,9-10H2,1H3. The highest BCUT2D eigenvalue weighted by Gasteiger charge is 2.09. The van der Waals surface area contributed by atoms with Crippen LogP contribution >= 0.6 is 11.8 Å². The number of hydrogen-bond donors (Lipinski definition) is 1. The van der Waals surface area contributed by atoms with Crippen LogP contribution in [0.1, 0.15) is 31.2 Å². The number of rotatable bonds is 7. The lowest BCUT2D eigenvalue weighted by molar-refractivity contribution is 0.258. The van der Waals surface area contributed by atoms with Crippen LogP contribution in [0.25, 0.3) is 0 Å². The van der Waals surface area contributed by atoms with E-state index in [1.165, 1.54) is 12.1 Å². The van der Waals surface area contributed by atoms with Crippen LogP contribution in [0.2, 0.25) is 0 Å². The van der Waals surface area contributed by atoms with E-state index in [-0.39, 0.29) is 18.3 Å². The van der Waals surface area contributed by atoms with Crippen LogP contribution in [-0.2, 0) is 0 Å². The minimum absolute atomic E-state index is 0.141. The molecular formula is C13H19FOS. The summed E-state index contributed by atoms with van der Waals surface area (Å²) in [6, 6.07) is 6.45. The van der Waals surface area contributed by atoms with Gasteiger partial charge in [0.2, 0.25) is 0 Å². The SMILES string of the molecule is CCSCCCC(CO)c1ccc(F)cc1. The lowest BCUT2D eigenvalue weighted by atomic mass is 9.95. The average Bonchev–Trinajstić information content (AvgIpc) is 2.31. The number of aliphatic hydroxyl groups excluding tert-OH is 1. The molecule has 0 saturated heterocycles. The zero-order chi connectivity index (χ0) is 11.8. The second kappa shape index (κ2) is 7.69. The highest BCUT2D eigenvalue weighted by Crippen LogP contribution is 2.22. The maximum Gasteiger partial charge on any atom is 0.123 e. The van der Waals surface area contributed by atoms with Gasteiger partial charge in [0.1, 0.15) is 5.82 Å². The van der Waals surface area contributed by atoms with Gasteiger partial charge in [-0.2, -0.15) is 11.8 Å². The van der Waals surface area contributed by atoms with Gasteiger partial charge in [0.05, 0.1) is 0 Å². The van der Waals surface area contributed by atoms with Gasteiger partial charge in [-0.15, -0.1) is 0 Å². The van der Waals surface area contributed by atoms with Crippen LogP contribution < -0.4 is 0 Å². The monoisotopic (exact) mass is 242 g/mol. The summed E-state index contributed by atoms with van der Waals surface area (Å²) in [6.45, 7) is 2.29. The van der Waals surface area contributed by atoms with Crippen LogP contribution in [0, 0.1) is 5.82 Å². The summed E-state index contributed by atoms with van der Waals surface area (Å²) >= 11 is 1.92. The molecule has 0 spiro atoms. The Bertz CT molecular complexity index is 286. The molecule has 0 aliphatic rings. The number of halogens is 1. The Morgan fingerprint density at radius 1 is 1.31 bits per heavy atom. The van der Waals surface area contributed by atoms with Crippen LogP contribution in [0.4, 0.5) is 4.39 Å². The Morgan fingerprint density at radius 2 is 2.00 bits per heavy atom. The maximum absolute atomic E-state index is 12.7. The van der Waals surface area contributed by atoms with Gasteiger partial charge >= 0.3 is 0 Å². The smallest absolute Gasteiger partial charge is 0.123 e. The fourth-order valence-electron chi connectivity index (χ4n) is 1.67. The second-order valence-electron chi connectivity index (χ2n) is 3.77. The van der Waals surface area contributed by atoms with E-state index in [0.717, 1.165) is 29.9 Å². The molecule has 1 aromatic carbocycles. The van der Waals surface area contributed by atoms with E-state index in [9.17, 15) is 9.50 Å². The minimum Gasteiger partial charge on any atom is -0.396 e. The normalized spacial score (nSPS) is 12.7. The maximum atomic E-state index is 12.7. The number of thioether (sulfide) groups is 1. The van der Waals surface area contributed by atoms with Gasteiger partial charge in [0, 0.05) is 12.5 Å². The molecule has 3 heteroatoms. The molecule has 0 amide bonds. The molecule has 0 fully saturated rings. The van der Waals surface area contributed by atoms with Crippen LogP contribution in [0.15, 0.2) is 24.3 Å². The molecule has 1 N–H and O–H groups in total. The number of aliphatic hydroxyl groups is 1. The van der Waals surface area contributed by atoms with Gasteiger partial charge < -0.3 is 5.11 Å². The molecule has 1 atom stereocenters. The highest BCUT2D eigenvalue weighted by atomic mass is 32.2. The summed E-state index contributed by atoms with van der Waals surface area (Å²) in [5, 5.41) is 9.30. The predicted molar refractivity (Wildman–Crippen MR) is 68.5 cm³/mol. The van der Waals surface area contributed by atoms with Gasteiger partial charge in [-0.25, -0.2) is 4.39 Å². The summed E-state index contributed by atoms with van der Waals surface area (Å²) in [4.78, 5) is 0. The largest absolute Gasteiger partial charge is 0.396 e. The van der Waals surface area contributed by atoms with E-state index >= 15 is 0 Å². The van der Waals surface area contributed by atoms with E-state index in [2.05, 4.69) is 6.92 Å². The van der Waals surface area contributed by atoms with Gasteiger partial charge in [-0.05, 0) is 42.0 Å². The van der Waals surface area contributed by atoms with Crippen LogP contribution in [0.3, 0.4) is 0 Å². The molecule has 0 aliphatic carbocycles. The third-order valence-corrected chi connectivity index (χ3v) is 3.59. The summed E-state index contributed by atoms with van der Waals surface area (Å²) in [7, 11) is 0. The van der Waals surface area contributed by atoms with Crippen molar-refractivity contribution in [2.45, 2.75) is 25.7 Å². The van der Waals surface area contributed by atoms with E-state index < -0.39 is 0 Å². The first kappa shape index (κ1) is 13.5. The molecule has 90 valence electrons. The zero-order valence-corrected chi connectivity index (χ0v) is 10.5. The summed E-state index contributed by atoms with van der Waals surface area (Å²) in [5.74, 6) is 2.20. The second-order valence-corrected chi connectivity index (χ2v) is 5.16. The van der Waals surface area contributed by atoms with Crippen molar-refractivity contribution in [2.24, 2.45) is 0 Å². The van der Waals surface area contributed by atoms with Gasteiger partial charge in [0.25, 0.3) is 0 Å². The quantitative estimate of drug-likeness (QED) is 0.739. The Morgan fingerprint density at radius 3 is 2.56 bits per heavy atom. The summed E-state index contributed by atoms with van der Waals surface area (Å²) < 4.78 is 12.7. The van der Waals surface area contributed by atoms with Crippen molar-refractivity contribution >= 4 is 11.8 Å². The van der Waals surface area contributed by atoms with Crippen molar-refractivity contribution in [2.75, 3.05) is 18.1 Å². The molecule has 0 saturated carbocycles. The van der Waals surface area contributed by atoms with Crippen molar-refractivity contribution in [1.29, 1.82) is 0 Å². The first-order chi connectivity index (χ1) is 7.77. The average molecular weight is 242 g/mol. The van der Waals surface area contributed by atoms with E-state index in [1.54, 1.807) is 12.1 Å². The van der Waals surface area contributed by atoms with Crippen molar-refractivity contribution in [3.8, 4) is 0 Å². The van der Waals surface area contributed by atoms with Crippen LogP contribution in [0.5, 0.6) is 0 Å². The van der Waals surface area contributed by atoms with E-state index in [4.69, 9.17) is 0 Å². The molecule has 16 heavy (non-hydrogen) atoms. The number of hydrogen-bond acceptors (Lipinski definition) is 2. The van der Waals surface area contributed by atoms with Crippen LogP contribution in [-0.4, -0.2) is 23.2 Å². The molecule has 0 bridgehead atoms. The van der Waals surface area contributed by atoms with E-state index in [1.807, 2.05) is 11.8 Å². The molecule has 1 unspecified atom stereocenters. The Hall–Kier alpha value is -0.540. The molecule has 1 aromatic rings. The Kier molecular flexibility index (Phi) is 6.50. The first-order valence-electron chi connectivity index (χ1n) is 5.72. The summed E-state index contributed by atoms with van der Waals surface area (Å²) in [5.41, 5.74) is 1.03. The van der Waals surface area contributed by atoms with Crippen molar-refractivity contribution in [3.05, 3.63) is 35.6 Å². The molecule has 0 radical (unpaired) electrons. The zero-order valence-electron chi connectivity index (χ0n) is 9.66. The Labute approximate surface area is 101 Å². The highest BCUT2D eigenvalue weighted by molar-refractivity contribution is 7.99. The third-order valence-electron chi connectivity index (χ3n) is 2.61. The molecule has 1 rings (SSSR count). The van der Waals surface area contributed by atoms with Crippen molar-refractivity contribution in [3.63, 3.8) is 0 Å². The number of benzene rings is 1. The van der Waals surface area contributed by atoms with E-state index in [0.29, 0.717) is 0 Å². The first-order valence-corrected chi connectivity index (χ1v) is 6.87. The third kappa shape index (κ3) is 4.54. The fourth-order valence-corrected chi connectivity index (χ4v) is 2.33. The molecule has 1 nitrogen and oxygen atoms in total. The molecule has 0 aliphatic heterocycles. The molecule has 0 heterocycles. The van der Waals surface area contributed by atoms with Crippen molar-refractivity contribution in [1.82, 2.24) is 0 Å². The van der Waals surface area contributed by atoms with Gasteiger partial charge in [-0.3, -0.25) is 0 Å². The Balaban J connectivity index is 2.44. The lowest BCUT2D eigenvalue weighted by Gasteiger charge is -2.14. The summed E-state index contributed by atoms with van der Waals surface area (Å²) in [6.07, 6.45) is 2.07. The topological polar surface area (TPSA) is 20.2 Å². The molecule has 0 aromatic heterocycles. The minimum atomic E-state index is -0.220. The van der Waals surface area contributed by atoms with Gasteiger partial charge in [0.15, 0.2) is 0 Å². The predicted octanol–water partition coefficient (Wildman–Crippen LogP) is 3.43. The molecular weight excluding hydrogens is 223 g/mol. The van der Waals surface area contributed by atoms with Crippen molar-refractivity contribution < 1.29 is 9.50 Å². The fraction of sp³-hybridized carbons (Fsp3) is 0.538. The van der Waals surface area contributed by atoms with Gasteiger partial charge in [-0.1, -0.05) is 19.1 Å². The lowest BCUT2D eigenvalue weighted by Crippen LogP contribution is -2.04.